The summed E-state index contributed by atoms with van der Waals surface area (Å²) in [4.78, 5) is 7.37. The van der Waals surface area contributed by atoms with Crippen molar-refractivity contribution in [3.63, 3.8) is 0 Å². The van der Waals surface area contributed by atoms with Crippen LogP contribution in [-0.4, -0.2) is 20.7 Å². The average molecular weight is 218 g/mol. The molecule has 0 aromatic carbocycles. The van der Waals surface area contributed by atoms with Gasteiger partial charge in [-0.3, -0.25) is 0 Å². The lowest BCUT2D eigenvalue weighted by Gasteiger charge is -2.36. The molecule has 0 amide bonds. The van der Waals surface area contributed by atoms with Crippen molar-refractivity contribution in [3.8, 4) is 11.5 Å². The Bertz CT molecular complexity index is 470. The third-order valence-corrected chi connectivity index (χ3v) is 3.16. The maximum absolute atomic E-state index is 6.13. The maximum Gasteiger partial charge on any atom is 0.228 e. The average Bonchev–Trinajstić information content (AvgIpc) is 2.83. The standard InChI is InChI=1S/C11H14N4O/c12-11(4-2-5-11)7-9-14-10(15-16-9)8-3-1-6-13-8/h1,3,6,13H,2,4-5,7,12H2. The summed E-state index contributed by atoms with van der Waals surface area (Å²) in [7, 11) is 0. The van der Waals surface area contributed by atoms with Crippen molar-refractivity contribution in [1.29, 1.82) is 0 Å². The molecule has 0 aliphatic heterocycles. The number of hydrogen-bond donors (Lipinski definition) is 2. The van der Waals surface area contributed by atoms with E-state index in [2.05, 4.69) is 15.1 Å². The molecule has 0 atom stereocenters. The Hall–Kier alpha value is -1.62. The highest BCUT2D eigenvalue weighted by Crippen LogP contribution is 2.32. The minimum atomic E-state index is -0.112. The van der Waals surface area contributed by atoms with Crippen LogP contribution in [0.5, 0.6) is 0 Å². The van der Waals surface area contributed by atoms with Crippen LogP contribution in [0.15, 0.2) is 22.9 Å². The van der Waals surface area contributed by atoms with E-state index in [1.54, 1.807) is 0 Å². The molecule has 1 saturated carbocycles. The molecule has 2 aromatic heterocycles. The lowest BCUT2D eigenvalue weighted by molar-refractivity contribution is 0.222. The van der Waals surface area contributed by atoms with E-state index in [0.29, 0.717) is 18.1 Å². The van der Waals surface area contributed by atoms with Gasteiger partial charge in [-0.15, -0.1) is 0 Å². The van der Waals surface area contributed by atoms with Crippen LogP contribution in [0.1, 0.15) is 25.2 Å². The van der Waals surface area contributed by atoms with Gasteiger partial charge in [0.15, 0.2) is 0 Å². The number of nitrogens with two attached hydrogens (primary N) is 1. The third-order valence-electron chi connectivity index (χ3n) is 3.16. The van der Waals surface area contributed by atoms with E-state index < -0.39 is 0 Å². The van der Waals surface area contributed by atoms with Gasteiger partial charge in [0, 0.05) is 18.2 Å². The second-order valence-electron chi connectivity index (χ2n) is 4.49. The van der Waals surface area contributed by atoms with Gasteiger partial charge in [0.1, 0.15) is 0 Å². The van der Waals surface area contributed by atoms with Crippen molar-refractivity contribution in [2.45, 2.75) is 31.2 Å². The molecular weight excluding hydrogens is 204 g/mol. The summed E-state index contributed by atoms with van der Waals surface area (Å²) < 4.78 is 5.20. The largest absolute Gasteiger partial charge is 0.359 e. The van der Waals surface area contributed by atoms with Gasteiger partial charge in [-0.1, -0.05) is 5.16 Å². The summed E-state index contributed by atoms with van der Waals surface area (Å²) >= 11 is 0. The Kier molecular flexibility index (Phi) is 2.07. The SMILES string of the molecule is NC1(Cc2nc(-c3ccc[nH]3)no2)CCC1. The van der Waals surface area contributed by atoms with Crippen molar-refractivity contribution in [2.75, 3.05) is 0 Å². The highest BCUT2D eigenvalue weighted by Gasteiger charge is 2.34. The predicted molar refractivity (Wildman–Crippen MR) is 58.6 cm³/mol. The molecule has 0 spiro atoms. The lowest BCUT2D eigenvalue weighted by Crippen LogP contribution is -2.48. The van der Waals surface area contributed by atoms with Crippen LogP contribution in [0, 0.1) is 0 Å². The lowest BCUT2D eigenvalue weighted by atomic mass is 9.75. The monoisotopic (exact) mass is 218 g/mol. The van der Waals surface area contributed by atoms with E-state index >= 15 is 0 Å². The Morgan fingerprint density at radius 3 is 3.00 bits per heavy atom. The van der Waals surface area contributed by atoms with Crippen molar-refractivity contribution >= 4 is 0 Å². The van der Waals surface area contributed by atoms with Gasteiger partial charge in [-0.2, -0.15) is 4.98 Å². The number of nitrogens with zero attached hydrogens (tertiary/aromatic N) is 2. The molecule has 3 N–H and O–H groups in total. The first kappa shape index (κ1) is 9.59. The third kappa shape index (κ3) is 1.63. The van der Waals surface area contributed by atoms with Crippen molar-refractivity contribution in [2.24, 2.45) is 5.73 Å². The van der Waals surface area contributed by atoms with Crippen molar-refractivity contribution < 1.29 is 4.52 Å². The van der Waals surface area contributed by atoms with Crippen molar-refractivity contribution in [1.82, 2.24) is 15.1 Å². The molecule has 1 fully saturated rings. The molecule has 84 valence electrons. The first-order valence-corrected chi connectivity index (χ1v) is 5.50. The molecule has 0 unspecified atom stereocenters. The zero-order chi connectivity index (χ0) is 11.0. The van der Waals surface area contributed by atoms with Gasteiger partial charge < -0.3 is 15.2 Å². The molecule has 1 aliphatic rings. The van der Waals surface area contributed by atoms with Crippen molar-refractivity contribution in [3.05, 3.63) is 24.2 Å². The Labute approximate surface area is 93.0 Å². The van der Waals surface area contributed by atoms with Gasteiger partial charge in [0.2, 0.25) is 11.7 Å². The zero-order valence-corrected chi connectivity index (χ0v) is 8.94. The zero-order valence-electron chi connectivity index (χ0n) is 8.94. The molecule has 0 saturated heterocycles. The predicted octanol–water partition coefficient (Wildman–Crippen LogP) is 1.49. The number of hydrogen-bond acceptors (Lipinski definition) is 4. The Morgan fingerprint density at radius 2 is 2.38 bits per heavy atom. The Balaban J connectivity index is 1.78. The first-order valence-electron chi connectivity index (χ1n) is 5.50. The summed E-state index contributed by atoms with van der Waals surface area (Å²) in [6.07, 6.45) is 5.82. The van der Waals surface area contributed by atoms with Crippen LogP contribution in [0.25, 0.3) is 11.5 Å². The van der Waals surface area contributed by atoms with Crippen LogP contribution < -0.4 is 5.73 Å². The number of nitrogens with one attached hydrogen (secondary N) is 1. The van der Waals surface area contributed by atoms with Gasteiger partial charge in [0.25, 0.3) is 0 Å². The molecular formula is C11H14N4O. The molecule has 2 aromatic rings. The summed E-state index contributed by atoms with van der Waals surface area (Å²) in [5.74, 6) is 1.23. The second-order valence-corrected chi connectivity index (χ2v) is 4.49. The van der Waals surface area contributed by atoms with Crippen LogP contribution in [0.2, 0.25) is 0 Å². The summed E-state index contributed by atoms with van der Waals surface area (Å²) in [5, 5.41) is 3.93. The normalized spacial score (nSPS) is 18.3. The molecule has 16 heavy (non-hydrogen) atoms. The highest BCUT2D eigenvalue weighted by molar-refractivity contribution is 5.47. The number of H-pyrrole nitrogens is 1. The smallest absolute Gasteiger partial charge is 0.228 e. The van der Waals surface area contributed by atoms with E-state index in [1.165, 1.54) is 6.42 Å². The number of aromatic amines is 1. The maximum atomic E-state index is 6.13. The fourth-order valence-electron chi connectivity index (χ4n) is 2.01. The molecule has 5 nitrogen and oxygen atoms in total. The van der Waals surface area contributed by atoms with E-state index in [9.17, 15) is 0 Å². The minimum absolute atomic E-state index is 0.112. The number of rotatable bonds is 3. The molecule has 2 heterocycles. The molecule has 5 heteroatoms. The summed E-state index contributed by atoms with van der Waals surface area (Å²) in [5.41, 5.74) is 6.89. The van der Waals surface area contributed by atoms with Gasteiger partial charge in [-0.05, 0) is 31.4 Å². The second kappa shape index (κ2) is 3.45. The fourth-order valence-corrected chi connectivity index (χ4v) is 2.01. The topological polar surface area (TPSA) is 80.7 Å². The van der Waals surface area contributed by atoms with Gasteiger partial charge in [0.05, 0.1) is 5.69 Å². The van der Waals surface area contributed by atoms with E-state index in [-0.39, 0.29) is 5.54 Å². The van der Waals surface area contributed by atoms with Gasteiger partial charge >= 0.3 is 0 Å². The quantitative estimate of drug-likeness (QED) is 0.817. The molecule has 1 aliphatic carbocycles. The van der Waals surface area contributed by atoms with E-state index in [1.807, 2.05) is 18.3 Å². The molecule has 0 bridgehead atoms. The fraction of sp³-hybridized carbons (Fsp3) is 0.455. The minimum Gasteiger partial charge on any atom is -0.359 e. The van der Waals surface area contributed by atoms with Crippen LogP contribution in [0.4, 0.5) is 0 Å². The highest BCUT2D eigenvalue weighted by atomic mass is 16.5. The molecule has 0 radical (unpaired) electrons. The molecule has 3 rings (SSSR count). The number of aromatic nitrogens is 3. The van der Waals surface area contributed by atoms with Crippen LogP contribution >= 0.6 is 0 Å². The summed E-state index contributed by atoms with van der Waals surface area (Å²) in [6, 6.07) is 3.82. The summed E-state index contributed by atoms with van der Waals surface area (Å²) in [6.45, 7) is 0. The first-order chi connectivity index (χ1) is 7.75. The van der Waals surface area contributed by atoms with Gasteiger partial charge in [-0.25, -0.2) is 0 Å². The van der Waals surface area contributed by atoms with Crippen LogP contribution in [0.3, 0.4) is 0 Å². The van der Waals surface area contributed by atoms with E-state index in [0.717, 1.165) is 18.5 Å². The Morgan fingerprint density at radius 1 is 1.50 bits per heavy atom. The van der Waals surface area contributed by atoms with E-state index in [4.69, 9.17) is 10.3 Å². The van der Waals surface area contributed by atoms with Crippen LogP contribution in [-0.2, 0) is 6.42 Å².